The molecule has 0 saturated carbocycles. The summed E-state index contributed by atoms with van der Waals surface area (Å²) < 4.78 is 5.60. The first-order valence-corrected chi connectivity index (χ1v) is 12.6. The summed E-state index contributed by atoms with van der Waals surface area (Å²) >= 11 is 6.42. The molecule has 4 aromatic rings. The van der Waals surface area contributed by atoms with Crippen molar-refractivity contribution >= 4 is 40.1 Å². The first-order valence-electron chi connectivity index (χ1n) is 12.3. The van der Waals surface area contributed by atoms with Gasteiger partial charge < -0.3 is 9.84 Å². The van der Waals surface area contributed by atoms with Crippen molar-refractivity contribution in [1.82, 2.24) is 9.99 Å². The lowest BCUT2D eigenvalue weighted by Crippen LogP contribution is -2.27. The number of carbonyl (C=O) groups excluding carboxylic acids is 1. The van der Waals surface area contributed by atoms with Crippen LogP contribution in [-0.2, 0) is 9.59 Å². The van der Waals surface area contributed by atoms with Gasteiger partial charge in [-0.1, -0.05) is 60.1 Å². The first-order chi connectivity index (χ1) is 18.4. The highest BCUT2D eigenvalue weighted by atomic mass is 35.5. The zero-order valence-electron chi connectivity index (χ0n) is 21.0. The Hall–Kier alpha value is -4.23. The molecule has 0 bridgehead atoms. The SMILES string of the molecule is COc1ccccc1[C@@H]1CC(c2c(C)nc3ccc(Cl)cc3c2-c2ccccc2)=NN1C(=O)CCC(=O)O. The topological polar surface area (TPSA) is 92.1 Å². The molecule has 1 atom stereocenters. The van der Waals surface area contributed by atoms with Crippen LogP contribution in [0.2, 0.25) is 5.02 Å². The highest BCUT2D eigenvalue weighted by Crippen LogP contribution is 2.42. The molecule has 0 spiro atoms. The number of pyridine rings is 1. The molecule has 0 unspecified atom stereocenters. The number of carboxylic acids is 1. The summed E-state index contributed by atoms with van der Waals surface area (Å²) in [5.74, 6) is -0.768. The van der Waals surface area contributed by atoms with E-state index in [0.717, 1.165) is 38.9 Å². The minimum atomic E-state index is -1.03. The van der Waals surface area contributed by atoms with Crippen molar-refractivity contribution in [2.45, 2.75) is 32.2 Å². The third-order valence-corrected chi connectivity index (χ3v) is 6.93. The van der Waals surface area contributed by atoms with Gasteiger partial charge in [0.2, 0.25) is 5.91 Å². The number of methoxy groups -OCH3 is 1. The molecular weight excluding hydrogens is 502 g/mol. The fourth-order valence-corrected chi connectivity index (χ4v) is 5.19. The summed E-state index contributed by atoms with van der Waals surface area (Å²) in [6.45, 7) is 1.94. The Morgan fingerprint density at radius 3 is 2.50 bits per heavy atom. The number of benzene rings is 3. The van der Waals surface area contributed by atoms with E-state index in [-0.39, 0.29) is 18.7 Å². The average molecular weight is 528 g/mol. The number of hydrogen-bond donors (Lipinski definition) is 1. The predicted molar refractivity (Wildman–Crippen MR) is 148 cm³/mol. The molecule has 0 saturated heterocycles. The lowest BCUT2D eigenvalue weighted by atomic mass is 9.89. The van der Waals surface area contributed by atoms with Gasteiger partial charge >= 0.3 is 5.97 Å². The molecule has 1 aromatic heterocycles. The second-order valence-corrected chi connectivity index (χ2v) is 9.55. The highest BCUT2D eigenvalue weighted by molar-refractivity contribution is 6.31. The number of amides is 1. The van der Waals surface area contributed by atoms with Crippen LogP contribution in [0.3, 0.4) is 0 Å². The lowest BCUT2D eigenvalue weighted by molar-refractivity contribution is -0.141. The zero-order valence-corrected chi connectivity index (χ0v) is 21.8. The molecule has 3 aromatic carbocycles. The van der Waals surface area contributed by atoms with E-state index in [9.17, 15) is 14.7 Å². The standard InChI is InChI=1S/C30H26ClN3O4/c1-18-29(30(19-8-4-3-5-9-19)22-16-20(31)12-13-23(22)32-18)24-17-25(21-10-6-7-11-26(21)38-2)34(33-24)27(35)14-15-28(36)37/h3-13,16,25H,14-15,17H2,1-2H3,(H,36,37)/t25-/m0/s1. The van der Waals surface area contributed by atoms with Crippen LogP contribution < -0.4 is 4.74 Å². The Balaban J connectivity index is 1.71. The number of aryl methyl sites for hydroxylation is 1. The van der Waals surface area contributed by atoms with E-state index in [2.05, 4.69) is 0 Å². The van der Waals surface area contributed by atoms with Gasteiger partial charge in [-0.05, 0) is 36.8 Å². The molecule has 0 aliphatic carbocycles. The van der Waals surface area contributed by atoms with E-state index in [4.69, 9.17) is 26.4 Å². The predicted octanol–water partition coefficient (Wildman–Crippen LogP) is 6.41. The summed E-state index contributed by atoms with van der Waals surface area (Å²) in [5.41, 5.74) is 5.82. The molecule has 192 valence electrons. The molecule has 38 heavy (non-hydrogen) atoms. The van der Waals surface area contributed by atoms with E-state index in [1.54, 1.807) is 7.11 Å². The molecule has 2 heterocycles. The van der Waals surface area contributed by atoms with E-state index in [1.165, 1.54) is 5.01 Å². The fraction of sp³-hybridized carbons (Fsp3) is 0.200. The highest BCUT2D eigenvalue weighted by Gasteiger charge is 2.36. The fourth-order valence-electron chi connectivity index (χ4n) is 5.02. The largest absolute Gasteiger partial charge is 0.496 e. The molecule has 8 heteroatoms. The van der Waals surface area contributed by atoms with Gasteiger partial charge in [0, 0.05) is 45.6 Å². The maximum absolute atomic E-state index is 13.3. The van der Waals surface area contributed by atoms with Crippen molar-refractivity contribution in [2.75, 3.05) is 7.11 Å². The summed E-state index contributed by atoms with van der Waals surface area (Å²) in [7, 11) is 1.58. The minimum absolute atomic E-state index is 0.159. The van der Waals surface area contributed by atoms with Gasteiger partial charge in [0.1, 0.15) is 5.75 Å². The third kappa shape index (κ3) is 4.85. The molecule has 1 aliphatic rings. The van der Waals surface area contributed by atoms with Crippen LogP contribution in [0.25, 0.3) is 22.0 Å². The van der Waals surface area contributed by atoms with E-state index < -0.39 is 12.0 Å². The second kappa shape index (κ2) is 10.6. The van der Waals surface area contributed by atoms with Crippen molar-refractivity contribution < 1.29 is 19.4 Å². The number of aliphatic carboxylic acids is 1. The number of nitrogens with zero attached hydrogens (tertiary/aromatic N) is 3. The summed E-state index contributed by atoms with van der Waals surface area (Å²) in [6.07, 6.45) is -0.0232. The Labute approximate surface area is 225 Å². The number of hydrogen-bond acceptors (Lipinski definition) is 5. The van der Waals surface area contributed by atoms with Gasteiger partial charge in [0.05, 0.1) is 30.8 Å². The number of para-hydroxylation sites is 1. The molecule has 1 N–H and O–H groups in total. The van der Waals surface area contributed by atoms with Gasteiger partial charge in [0.15, 0.2) is 0 Å². The van der Waals surface area contributed by atoms with E-state index >= 15 is 0 Å². The number of fused-ring (bicyclic) bond motifs is 1. The average Bonchev–Trinajstić information content (AvgIpc) is 3.36. The summed E-state index contributed by atoms with van der Waals surface area (Å²) in [4.78, 5) is 29.4. The van der Waals surface area contributed by atoms with Gasteiger partial charge in [0.25, 0.3) is 0 Å². The quantitative estimate of drug-likeness (QED) is 0.299. The van der Waals surface area contributed by atoms with Gasteiger partial charge in [-0.15, -0.1) is 0 Å². The van der Waals surface area contributed by atoms with E-state index in [0.29, 0.717) is 22.9 Å². The lowest BCUT2D eigenvalue weighted by Gasteiger charge is -2.23. The van der Waals surface area contributed by atoms with Crippen LogP contribution in [0.15, 0.2) is 77.9 Å². The molecule has 1 amide bonds. The van der Waals surface area contributed by atoms with Gasteiger partial charge in [-0.3, -0.25) is 14.6 Å². The van der Waals surface area contributed by atoms with Crippen LogP contribution in [-0.4, -0.2) is 39.8 Å². The van der Waals surface area contributed by atoms with Crippen molar-refractivity contribution in [3.05, 3.63) is 94.6 Å². The van der Waals surface area contributed by atoms with Gasteiger partial charge in [-0.25, -0.2) is 5.01 Å². The number of rotatable bonds is 7. The Bertz CT molecular complexity index is 1570. The number of halogens is 1. The molecule has 7 nitrogen and oxygen atoms in total. The Kier molecular flexibility index (Phi) is 7.11. The van der Waals surface area contributed by atoms with Crippen molar-refractivity contribution in [3.63, 3.8) is 0 Å². The summed E-state index contributed by atoms with van der Waals surface area (Å²) in [5, 5.41) is 16.9. The van der Waals surface area contributed by atoms with Crippen LogP contribution >= 0.6 is 11.6 Å². The smallest absolute Gasteiger partial charge is 0.303 e. The number of ether oxygens (including phenoxy) is 1. The van der Waals surface area contributed by atoms with Crippen LogP contribution in [0.5, 0.6) is 5.75 Å². The van der Waals surface area contributed by atoms with Crippen LogP contribution in [0.1, 0.15) is 42.1 Å². The number of aromatic nitrogens is 1. The van der Waals surface area contributed by atoms with Crippen molar-refractivity contribution in [3.8, 4) is 16.9 Å². The summed E-state index contributed by atoms with van der Waals surface area (Å²) in [6, 6.07) is 22.6. The Morgan fingerprint density at radius 2 is 1.76 bits per heavy atom. The molecule has 5 rings (SSSR count). The third-order valence-electron chi connectivity index (χ3n) is 6.70. The first kappa shape index (κ1) is 25.4. The normalized spacial score (nSPS) is 15.0. The maximum atomic E-state index is 13.3. The van der Waals surface area contributed by atoms with Crippen LogP contribution in [0, 0.1) is 6.92 Å². The van der Waals surface area contributed by atoms with Crippen molar-refractivity contribution in [2.24, 2.45) is 5.10 Å². The van der Waals surface area contributed by atoms with Crippen molar-refractivity contribution in [1.29, 1.82) is 0 Å². The molecule has 0 fully saturated rings. The minimum Gasteiger partial charge on any atom is -0.496 e. The molecular formula is C30H26ClN3O4. The monoisotopic (exact) mass is 527 g/mol. The maximum Gasteiger partial charge on any atom is 0.303 e. The zero-order chi connectivity index (χ0) is 26.8. The number of hydrazone groups is 1. The van der Waals surface area contributed by atoms with Gasteiger partial charge in [-0.2, -0.15) is 5.10 Å². The Morgan fingerprint density at radius 1 is 1.03 bits per heavy atom. The second-order valence-electron chi connectivity index (χ2n) is 9.12. The molecule has 1 aliphatic heterocycles. The molecule has 0 radical (unpaired) electrons. The number of carboxylic acid groups (broad SMARTS) is 1. The number of carbonyl (C=O) groups is 2. The van der Waals surface area contributed by atoms with Crippen LogP contribution in [0.4, 0.5) is 0 Å². The van der Waals surface area contributed by atoms with E-state index in [1.807, 2.05) is 79.7 Å².